The molecule has 29 heavy (non-hydrogen) atoms. The Morgan fingerprint density at radius 2 is 2.03 bits per heavy atom. The van der Waals surface area contributed by atoms with Crippen molar-refractivity contribution >= 4 is 16.8 Å². The largest absolute Gasteiger partial charge is 0.506 e. The first-order valence-electron chi connectivity index (χ1n) is 10.4. The summed E-state index contributed by atoms with van der Waals surface area (Å²) in [6.07, 6.45) is 6.25. The third-order valence-electron chi connectivity index (χ3n) is 6.27. The summed E-state index contributed by atoms with van der Waals surface area (Å²) in [7, 11) is 1.68. The quantitative estimate of drug-likeness (QED) is 0.585. The monoisotopic (exact) mass is 390 g/mol. The Bertz CT molecular complexity index is 1090. The Labute approximate surface area is 170 Å². The molecule has 0 atom stereocenters. The lowest BCUT2D eigenvalue weighted by atomic mass is 9.82. The average Bonchev–Trinajstić information content (AvgIpc) is 2.95. The van der Waals surface area contributed by atoms with Crippen molar-refractivity contribution in [1.82, 2.24) is 9.55 Å². The van der Waals surface area contributed by atoms with Crippen LogP contribution in [0, 0.1) is 0 Å². The molecule has 1 fully saturated rings. The molecule has 3 aromatic rings. The van der Waals surface area contributed by atoms with Gasteiger partial charge in [-0.1, -0.05) is 25.8 Å². The summed E-state index contributed by atoms with van der Waals surface area (Å²) in [6, 6.07) is 10.1. The van der Waals surface area contributed by atoms with Gasteiger partial charge in [0, 0.05) is 17.0 Å². The predicted octanol–water partition coefficient (Wildman–Crippen LogP) is 5.68. The summed E-state index contributed by atoms with van der Waals surface area (Å²) in [6.45, 7) is 4.93. The van der Waals surface area contributed by atoms with Gasteiger partial charge in [-0.3, -0.25) is 0 Å². The molecule has 150 valence electrons. The van der Waals surface area contributed by atoms with Gasteiger partial charge >= 0.3 is 0 Å². The third-order valence-corrected chi connectivity index (χ3v) is 6.27. The van der Waals surface area contributed by atoms with Crippen LogP contribution >= 0.6 is 0 Å². The maximum atomic E-state index is 9.91. The molecule has 0 saturated heterocycles. The fourth-order valence-corrected chi connectivity index (χ4v) is 4.91. The van der Waals surface area contributed by atoms with E-state index in [4.69, 9.17) is 14.5 Å². The van der Waals surface area contributed by atoms with Crippen LogP contribution in [0.4, 0.5) is 0 Å². The van der Waals surface area contributed by atoms with Crippen LogP contribution in [0.2, 0.25) is 0 Å². The maximum absolute atomic E-state index is 9.91. The Kier molecular flexibility index (Phi) is 4.46. The molecular formula is C24H26N2O3. The van der Waals surface area contributed by atoms with E-state index >= 15 is 0 Å². The molecule has 5 nitrogen and oxygen atoms in total. The van der Waals surface area contributed by atoms with Gasteiger partial charge < -0.3 is 19.1 Å². The number of hydrogen-bond acceptors (Lipinski definition) is 4. The number of hydrogen-bond donors (Lipinski definition) is 1. The molecule has 1 aromatic carbocycles. The molecule has 0 bridgehead atoms. The van der Waals surface area contributed by atoms with Gasteiger partial charge in [-0.25, -0.2) is 4.98 Å². The lowest BCUT2D eigenvalue weighted by Gasteiger charge is -2.23. The minimum Gasteiger partial charge on any atom is -0.506 e. The summed E-state index contributed by atoms with van der Waals surface area (Å²) in [5.41, 5.74) is 5.09. The number of methoxy groups -OCH3 is 1. The van der Waals surface area contributed by atoms with E-state index in [1.807, 2.05) is 18.2 Å². The smallest absolute Gasteiger partial charge is 0.141 e. The number of nitrogens with zero attached hydrogens (tertiary/aromatic N) is 2. The van der Waals surface area contributed by atoms with Gasteiger partial charge in [0.1, 0.15) is 35.2 Å². The Balaban J connectivity index is 1.81. The van der Waals surface area contributed by atoms with E-state index in [0.29, 0.717) is 24.8 Å². The Morgan fingerprint density at radius 3 is 2.79 bits per heavy atom. The van der Waals surface area contributed by atoms with Gasteiger partial charge in [0.05, 0.1) is 19.3 Å². The van der Waals surface area contributed by atoms with Gasteiger partial charge in [-0.15, -0.1) is 0 Å². The number of aliphatic hydroxyl groups is 1. The molecule has 5 heteroatoms. The van der Waals surface area contributed by atoms with E-state index in [2.05, 4.69) is 23.3 Å². The zero-order valence-electron chi connectivity index (χ0n) is 16.8. The molecule has 1 saturated carbocycles. The lowest BCUT2D eigenvalue weighted by Crippen LogP contribution is -2.08. The number of aromatic nitrogens is 2. The highest BCUT2D eigenvalue weighted by Crippen LogP contribution is 2.47. The zero-order chi connectivity index (χ0) is 20.0. The van der Waals surface area contributed by atoms with Crippen LogP contribution in [0.15, 0.2) is 36.9 Å². The summed E-state index contributed by atoms with van der Waals surface area (Å²) in [5.74, 6) is 2.16. The molecule has 0 amide bonds. The molecule has 0 radical (unpaired) electrons. The maximum Gasteiger partial charge on any atom is 0.141 e. The second-order valence-electron chi connectivity index (χ2n) is 7.97. The van der Waals surface area contributed by atoms with Gasteiger partial charge in [0.2, 0.25) is 0 Å². The van der Waals surface area contributed by atoms with Crippen molar-refractivity contribution in [2.75, 3.05) is 13.7 Å². The second kappa shape index (κ2) is 7.14. The summed E-state index contributed by atoms with van der Waals surface area (Å²) in [4.78, 5) is 4.78. The number of pyridine rings is 1. The van der Waals surface area contributed by atoms with Crippen molar-refractivity contribution in [2.45, 2.75) is 44.6 Å². The van der Waals surface area contributed by atoms with Crippen molar-refractivity contribution in [1.29, 1.82) is 0 Å². The number of aliphatic hydroxyl groups excluding tert-OH is 1. The molecule has 2 aromatic heterocycles. The zero-order valence-corrected chi connectivity index (χ0v) is 16.8. The molecule has 0 spiro atoms. The van der Waals surface area contributed by atoms with Crippen LogP contribution in [-0.4, -0.2) is 28.4 Å². The Hall–Kier alpha value is -2.95. The molecule has 1 N–H and O–H groups in total. The second-order valence-corrected chi connectivity index (χ2v) is 7.97. The van der Waals surface area contributed by atoms with Crippen molar-refractivity contribution in [2.24, 2.45) is 0 Å². The molecule has 1 aliphatic carbocycles. The number of fused-ring (bicyclic) bond motifs is 5. The van der Waals surface area contributed by atoms with Crippen molar-refractivity contribution in [3.63, 3.8) is 0 Å². The SMILES string of the molecule is C=C(O)c1ccc2c(C3CCCCC3)c3n(c2n1)CCOc1cc(OC)ccc1-3. The minimum absolute atomic E-state index is 0.00308. The molecule has 2 aliphatic rings. The third kappa shape index (κ3) is 2.96. The van der Waals surface area contributed by atoms with Gasteiger partial charge in [-0.05, 0) is 48.6 Å². The predicted molar refractivity (Wildman–Crippen MR) is 115 cm³/mol. The highest BCUT2D eigenvalue weighted by atomic mass is 16.5. The molecule has 0 unspecified atom stereocenters. The fourth-order valence-electron chi connectivity index (χ4n) is 4.91. The first-order chi connectivity index (χ1) is 14.2. The highest BCUT2D eigenvalue weighted by Gasteiger charge is 2.30. The first kappa shape index (κ1) is 18.1. The van der Waals surface area contributed by atoms with Crippen LogP contribution in [0.3, 0.4) is 0 Å². The summed E-state index contributed by atoms with van der Waals surface area (Å²) >= 11 is 0. The highest BCUT2D eigenvalue weighted by molar-refractivity contribution is 5.92. The molecular weight excluding hydrogens is 364 g/mol. The number of benzene rings is 1. The van der Waals surface area contributed by atoms with Gasteiger partial charge in [-0.2, -0.15) is 0 Å². The van der Waals surface area contributed by atoms with E-state index < -0.39 is 0 Å². The van der Waals surface area contributed by atoms with Gasteiger partial charge in [0.25, 0.3) is 0 Å². The summed E-state index contributed by atoms with van der Waals surface area (Å²) in [5, 5.41) is 11.1. The van der Waals surface area contributed by atoms with Crippen LogP contribution in [0.25, 0.3) is 28.0 Å². The van der Waals surface area contributed by atoms with E-state index in [1.54, 1.807) is 7.11 Å². The van der Waals surface area contributed by atoms with Crippen LogP contribution < -0.4 is 9.47 Å². The van der Waals surface area contributed by atoms with Crippen molar-refractivity contribution < 1.29 is 14.6 Å². The van der Waals surface area contributed by atoms with E-state index in [0.717, 1.165) is 22.7 Å². The standard InChI is InChI=1S/C24H26N2O3/c1-15(27)20-11-10-19-22(16-6-4-3-5-7-16)23-18-9-8-17(28-2)14-21(18)29-13-12-26(23)24(19)25-20/h8-11,14,16,27H,1,3-7,12-13H2,2H3. The average molecular weight is 390 g/mol. The number of ether oxygens (including phenoxy) is 2. The van der Waals surface area contributed by atoms with E-state index in [9.17, 15) is 5.11 Å². The Morgan fingerprint density at radius 1 is 1.21 bits per heavy atom. The van der Waals surface area contributed by atoms with Crippen molar-refractivity contribution in [3.8, 4) is 22.8 Å². The fraction of sp³-hybridized carbons (Fsp3) is 0.375. The van der Waals surface area contributed by atoms with Gasteiger partial charge in [0.15, 0.2) is 0 Å². The normalized spacial score (nSPS) is 16.6. The van der Waals surface area contributed by atoms with Crippen molar-refractivity contribution in [3.05, 3.63) is 48.2 Å². The molecule has 1 aliphatic heterocycles. The summed E-state index contributed by atoms with van der Waals surface area (Å²) < 4.78 is 13.8. The molecule has 3 heterocycles. The topological polar surface area (TPSA) is 56.5 Å². The minimum atomic E-state index is -0.00308. The van der Waals surface area contributed by atoms with Crippen LogP contribution in [-0.2, 0) is 6.54 Å². The van der Waals surface area contributed by atoms with Crippen LogP contribution in [0.1, 0.15) is 49.3 Å². The van der Waals surface area contributed by atoms with E-state index in [1.165, 1.54) is 48.7 Å². The van der Waals surface area contributed by atoms with Crippen LogP contribution in [0.5, 0.6) is 11.5 Å². The lowest BCUT2D eigenvalue weighted by molar-refractivity contribution is 0.306. The number of rotatable bonds is 3. The first-order valence-corrected chi connectivity index (χ1v) is 10.4. The van der Waals surface area contributed by atoms with E-state index in [-0.39, 0.29) is 5.76 Å². The molecule has 5 rings (SSSR count).